The lowest BCUT2D eigenvalue weighted by Crippen LogP contribution is -2.20. The molecular weight excluding hydrogens is 322 g/mol. The van der Waals surface area contributed by atoms with Gasteiger partial charge in [0.05, 0.1) is 13.2 Å². The van der Waals surface area contributed by atoms with Crippen LogP contribution >= 0.6 is 0 Å². The van der Waals surface area contributed by atoms with Crippen molar-refractivity contribution in [1.82, 2.24) is 0 Å². The van der Waals surface area contributed by atoms with Crippen molar-refractivity contribution in [2.24, 2.45) is 11.8 Å². The maximum absolute atomic E-state index is 14.3. The van der Waals surface area contributed by atoms with Gasteiger partial charge < -0.3 is 9.47 Å². The van der Waals surface area contributed by atoms with E-state index in [9.17, 15) is 8.78 Å². The average Bonchev–Trinajstić information content (AvgIpc) is 3.44. The first-order chi connectivity index (χ1) is 12.1. The Morgan fingerprint density at radius 1 is 1.08 bits per heavy atom. The molecule has 2 aliphatic rings. The van der Waals surface area contributed by atoms with E-state index in [1.807, 2.05) is 0 Å². The summed E-state index contributed by atoms with van der Waals surface area (Å²) in [5.74, 6) is -0.305. The molecule has 1 atom stereocenters. The van der Waals surface area contributed by atoms with Gasteiger partial charge in [-0.2, -0.15) is 4.39 Å². The molecule has 0 aromatic heterocycles. The molecule has 1 unspecified atom stereocenters. The highest BCUT2D eigenvalue weighted by molar-refractivity contribution is 5.40. The molecular formula is C21H30F2O2. The second-order valence-electron chi connectivity index (χ2n) is 7.76. The third-order valence-corrected chi connectivity index (χ3v) is 5.70. The molecule has 0 bridgehead atoms. The number of epoxide rings is 1. The first-order valence-corrected chi connectivity index (χ1v) is 9.83. The van der Waals surface area contributed by atoms with Crippen molar-refractivity contribution >= 4 is 0 Å². The van der Waals surface area contributed by atoms with Gasteiger partial charge >= 0.3 is 0 Å². The molecule has 140 valence electrons. The van der Waals surface area contributed by atoms with Crippen LogP contribution in [0.1, 0.15) is 75.5 Å². The quantitative estimate of drug-likeness (QED) is 0.416. The third-order valence-electron chi connectivity index (χ3n) is 5.70. The summed E-state index contributed by atoms with van der Waals surface area (Å²) in [6.45, 7) is 4.96. The van der Waals surface area contributed by atoms with E-state index < -0.39 is 11.6 Å². The van der Waals surface area contributed by atoms with Crippen LogP contribution in [0.2, 0.25) is 0 Å². The van der Waals surface area contributed by atoms with E-state index in [0.717, 1.165) is 18.8 Å². The van der Waals surface area contributed by atoms with E-state index in [4.69, 9.17) is 9.47 Å². The minimum Gasteiger partial charge on any atom is -0.490 e. The van der Waals surface area contributed by atoms with Gasteiger partial charge in [-0.1, -0.05) is 45.4 Å². The number of aryl methyl sites for hydroxylation is 1. The standard InChI is InChI=1S/C21H30F2O2/c1-3-4-5-6-15-7-9-16(10-8-15)12-25-21-14(2)11-17(18-13-24-18)19(22)20(21)23/h11,15-16,18H,3-10,12-13H2,1-2H3. The highest BCUT2D eigenvalue weighted by Gasteiger charge is 2.31. The average molecular weight is 352 g/mol. The van der Waals surface area contributed by atoms with Gasteiger partial charge in [0.25, 0.3) is 0 Å². The number of hydrogen-bond donors (Lipinski definition) is 0. The molecule has 1 aromatic carbocycles. The van der Waals surface area contributed by atoms with E-state index in [2.05, 4.69) is 6.92 Å². The molecule has 1 aliphatic heterocycles. The van der Waals surface area contributed by atoms with Crippen LogP contribution in [-0.4, -0.2) is 13.2 Å². The number of unbranched alkanes of at least 4 members (excludes halogenated alkanes) is 2. The molecule has 1 saturated heterocycles. The summed E-state index contributed by atoms with van der Waals surface area (Å²) in [6.07, 6.45) is 9.74. The summed E-state index contributed by atoms with van der Waals surface area (Å²) in [7, 11) is 0. The van der Waals surface area contributed by atoms with Crippen LogP contribution in [0.25, 0.3) is 0 Å². The van der Waals surface area contributed by atoms with Gasteiger partial charge in [0.15, 0.2) is 11.6 Å². The topological polar surface area (TPSA) is 21.8 Å². The number of benzene rings is 1. The lowest BCUT2D eigenvalue weighted by atomic mass is 9.80. The maximum Gasteiger partial charge on any atom is 0.201 e. The molecule has 25 heavy (non-hydrogen) atoms. The lowest BCUT2D eigenvalue weighted by molar-refractivity contribution is 0.171. The van der Waals surface area contributed by atoms with Crippen molar-refractivity contribution < 1.29 is 18.3 Å². The summed E-state index contributed by atoms with van der Waals surface area (Å²) in [5, 5.41) is 0. The Bertz CT molecular complexity index is 576. The summed E-state index contributed by atoms with van der Waals surface area (Å²) in [6, 6.07) is 1.66. The van der Waals surface area contributed by atoms with E-state index in [-0.39, 0.29) is 11.9 Å². The Morgan fingerprint density at radius 2 is 1.76 bits per heavy atom. The molecule has 0 N–H and O–H groups in total. The molecule has 2 nitrogen and oxygen atoms in total. The molecule has 4 heteroatoms. The van der Waals surface area contributed by atoms with Crippen molar-refractivity contribution in [2.45, 2.75) is 71.3 Å². The van der Waals surface area contributed by atoms with Crippen LogP contribution in [0.15, 0.2) is 6.07 Å². The first kappa shape index (κ1) is 18.6. The van der Waals surface area contributed by atoms with Gasteiger partial charge in [0, 0.05) is 5.56 Å². The fourth-order valence-electron chi connectivity index (χ4n) is 3.97. The van der Waals surface area contributed by atoms with Gasteiger partial charge in [0.2, 0.25) is 5.82 Å². The van der Waals surface area contributed by atoms with Crippen molar-refractivity contribution in [2.75, 3.05) is 13.2 Å². The monoisotopic (exact) mass is 352 g/mol. The summed E-state index contributed by atoms with van der Waals surface area (Å²) >= 11 is 0. The molecule has 1 aliphatic carbocycles. The van der Waals surface area contributed by atoms with Crippen LogP contribution in [0, 0.1) is 30.4 Å². The van der Waals surface area contributed by atoms with Crippen LogP contribution in [0.5, 0.6) is 5.75 Å². The van der Waals surface area contributed by atoms with Gasteiger partial charge in [0.1, 0.15) is 6.10 Å². The van der Waals surface area contributed by atoms with Crippen molar-refractivity contribution in [3.05, 3.63) is 28.8 Å². The fraction of sp³-hybridized carbons (Fsp3) is 0.714. The van der Waals surface area contributed by atoms with Crippen molar-refractivity contribution in [3.63, 3.8) is 0 Å². The Balaban J connectivity index is 1.50. The Kier molecular flexibility index (Phi) is 6.32. The van der Waals surface area contributed by atoms with Gasteiger partial charge in [-0.3, -0.25) is 0 Å². The summed E-state index contributed by atoms with van der Waals surface area (Å²) in [5.41, 5.74) is 0.965. The predicted molar refractivity (Wildman–Crippen MR) is 94.9 cm³/mol. The minimum atomic E-state index is -0.862. The van der Waals surface area contributed by atoms with Gasteiger partial charge in [-0.15, -0.1) is 0 Å². The van der Waals surface area contributed by atoms with Crippen LogP contribution in [0.4, 0.5) is 8.78 Å². The first-order valence-electron chi connectivity index (χ1n) is 9.83. The SMILES string of the molecule is CCCCCC1CCC(COc2c(C)cc(C3CO3)c(F)c2F)CC1. The smallest absolute Gasteiger partial charge is 0.201 e. The molecule has 0 spiro atoms. The number of hydrogen-bond acceptors (Lipinski definition) is 2. The molecule has 0 radical (unpaired) electrons. The molecule has 0 amide bonds. The van der Waals surface area contributed by atoms with Crippen molar-refractivity contribution in [1.29, 1.82) is 0 Å². The zero-order valence-corrected chi connectivity index (χ0v) is 15.5. The molecule has 1 aromatic rings. The van der Waals surface area contributed by atoms with E-state index in [1.54, 1.807) is 13.0 Å². The normalized spacial score (nSPS) is 25.8. The third kappa shape index (κ3) is 4.72. The van der Waals surface area contributed by atoms with E-state index >= 15 is 0 Å². The van der Waals surface area contributed by atoms with Crippen LogP contribution in [-0.2, 0) is 4.74 Å². The summed E-state index contributed by atoms with van der Waals surface area (Å²) < 4.78 is 39.3. The molecule has 2 fully saturated rings. The van der Waals surface area contributed by atoms with E-state index in [0.29, 0.717) is 30.3 Å². The van der Waals surface area contributed by atoms with Gasteiger partial charge in [-0.05, 0) is 43.2 Å². The number of rotatable bonds is 8. The second-order valence-corrected chi connectivity index (χ2v) is 7.76. The zero-order chi connectivity index (χ0) is 17.8. The lowest BCUT2D eigenvalue weighted by Gasteiger charge is -2.28. The van der Waals surface area contributed by atoms with Crippen molar-refractivity contribution in [3.8, 4) is 5.75 Å². The zero-order valence-electron chi connectivity index (χ0n) is 15.5. The van der Waals surface area contributed by atoms with Crippen LogP contribution < -0.4 is 4.74 Å². The second kappa shape index (κ2) is 8.48. The molecule has 3 rings (SSSR count). The fourth-order valence-corrected chi connectivity index (χ4v) is 3.97. The van der Waals surface area contributed by atoms with Crippen LogP contribution in [0.3, 0.4) is 0 Å². The largest absolute Gasteiger partial charge is 0.490 e. The highest BCUT2D eigenvalue weighted by atomic mass is 19.2. The Hall–Kier alpha value is -1.16. The Labute approximate surface area is 149 Å². The predicted octanol–water partition coefficient (Wildman–Crippen LogP) is 6.11. The van der Waals surface area contributed by atoms with E-state index in [1.165, 1.54) is 38.5 Å². The minimum absolute atomic E-state index is 0.0759. The van der Waals surface area contributed by atoms with Gasteiger partial charge in [-0.25, -0.2) is 4.39 Å². The maximum atomic E-state index is 14.3. The number of halogens is 2. The molecule has 1 saturated carbocycles. The summed E-state index contributed by atoms with van der Waals surface area (Å²) in [4.78, 5) is 0. The highest BCUT2D eigenvalue weighted by Crippen LogP contribution is 2.38. The number of ether oxygens (including phenoxy) is 2. The molecule has 1 heterocycles. The Morgan fingerprint density at radius 3 is 2.40 bits per heavy atom.